The van der Waals surface area contributed by atoms with E-state index in [1.165, 1.54) is 12.8 Å². The minimum atomic E-state index is 0.190. The number of nitrogens with one attached hydrogen (secondary N) is 2. The first-order chi connectivity index (χ1) is 9.61. The molecule has 1 fully saturated rings. The van der Waals surface area contributed by atoms with Crippen LogP contribution in [0.25, 0.3) is 0 Å². The normalized spacial score (nSPS) is 17.6. The highest BCUT2D eigenvalue weighted by Crippen LogP contribution is 2.16. The van der Waals surface area contributed by atoms with E-state index in [0.717, 1.165) is 57.4 Å². The fraction of sp³-hybridized carbons (Fsp3) is 0.938. The van der Waals surface area contributed by atoms with E-state index in [0.29, 0.717) is 6.54 Å². The number of hydrogen-bond donors (Lipinski definition) is 2. The minimum Gasteiger partial charge on any atom is -0.355 e. The zero-order valence-electron chi connectivity index (χ0n) is 13.6. The molecule has 0 aliphatic carbocycles. The van der Waals surface area contributed by atoms with Gasteiger partial charge in [0.15, 0.2) is 0 Å². The number of nitrogens with zero attached hydrogens (tertiary/aromatic N) is 1. The Morgan fingerprint density at radius 2 is 2.00 bits per heavy atom. The number of hydrogen-bond acceptors (Lipinski definition) is 3. The average Bonchev–Trinajstić information content (AvgIpc) is 2.41. The van der Waals surface area contributed by atoms with E-state index in [1.807, 2.05) is 0 Å². The van der Waals surface area contributed by atoms with Crippen LogP contribution < -0.4 is 10.6 Å². The molecule has 0 unspecified atom stereocenters. The van der Waals surface area contributed by atoms with Gasteiger partial charge in [-0.25, -0.2) is 0 Å². The third kappa shape index (κ3) is 7.85. The maximum Gasteiger partial charge on any atom is 0.234 e. The molecule has 1 aliphatic rings. The Kier molecular flexibility index (Phi) is 8.86. The molecule has 1 aliphatic heterocycles. The Morgan fingerprint density at radius 1 is 1.30 bits per heavy atom. The van der Waals surface area contributed by atoms with E-state index in [4.69, 9.17) is 0 Å². The van der Waals surface area contributed by atoms with Gasteiger partial charge >= 0.3 is 0 Å². The van der Waals surface area contributed by atoms with Gasteiger partial charge in [0.05, 0.1) is 6.54 Å². The maximum absolute atomic E-state index is 11.7. The Morgan fingerprint density at radius 3 is 2.60 bits per heavy atom. The second-order valence-corrected chi connectivity index (χ2v) is 6.48. The minimum absolute atomic E-state index is 0.190. The van der Waals surface area contributed by atoms with Gasteiger partial charge in [-0.1, -0.05) is 27.2 Å². The summed E-state index contributed by atoms with van der Waals surface area (Å²) in [4.78, 5) is 14.0. The van der Waals surface area contributed by atoms with Crippen LogP contribution in [-0.2, 0) is 4.79 Å². The van der Waals surface area contributed by atoms with Crippen molar-refractivity contribution in [2.75, 3.05) is 39.3 Å². The number of amides is 1. The topological polar surface area (TPSA) is 44.4 Å². The van der Waals surface area contributed by atoms with E-state index in [2.05, 4.69) is 36.3 Å². The SMILES string of the molecule is CCCCNC(=O)CN1CCC(CNCC(C)C)CC1. The highest BCUT2D eigenvalue weighted by atomic mass is 16.2. The van der Waals surface area contributed by atoms with Crippen LogP contribution in [0.4, 0.5) is 0 Å². The fourth-order valence-electron chi connectivity index (χ4n) is 2.59. The molecule has 0 atom stereocenters. The summed E-state index contributed by atoms with van der Waals surface area (Å²) in [5, 5.41) is 6.54. The van der Waals surface area contributed by atoms with Crippen molar-refractivity contribution in [2.24, 2.45) is 11.8 Å². The monoisotopic (exact) mass is 283 g/mol. The van der Waals surface area contributed by atoms with Crippen molar-refractivity contribution in [3.63, 3.8) is 0 Å². The second kappa shape index (κ2) is 10.2. The number of carbonyl (C=O) groups excluding carboxylic acids is 1. The van der Waals surface area contributed by atoms with Gasteiger partial charge < -0.3 is 10.6 Å². The first-order valence-electron chi connectivity index (χ1n) is 8.31. The molecule has 0 aromatic carbocycles. The van der Waals surface area contributed by atoms with E-state index < -0.39 is 0 Å². The predicted molar refractivity (Wildman–Crippen MR) is 84.8 cm³/mol. The third-order valence-electron chi connectivity index (χ3n) is 3.91. The molecule has 118 valence electrons. The quantitative estimate of drug-likeness (QED) is 0.635. The van der Waals surface area contributed by atoms with Crippen LogP contribution in [0.15, 0.2) is 0 Å². The number of carbonyl (C=O) groups is 1. The van der Waals surface area contributed by atoms with Crippen LogP contribution in [-0.4, -0.2) is 50.1 Å². The molecule has 0 bridgehead atoms. The smallest absolute Gasteiger partial charge is 0.234 e. The van der Waals surface area contributed by atoms with E-state index in [9.17, 15) is 4.79 Å². The molecule has 20 heavy (non-hydrogen) atoms. The van der Waals surface area contributed by atoms with Crippen LogP contribution in [0.3, 0.4) is 0 Å². The standard InChI is InChI=1S/C16H33N3O/c1-4-5-8-18-16(20)13-19-9-6-15(7-10-19)12-17-11-14(2)3/h14-15,17H,4-13H2,1-3H3,(H,18,20). The van der Waals surface area contributed by atoms with Gasteiger partial charge in [-0.05, 0) is 57.3 Å². The van der Waals surface area contributed by atoms with Crippen molar-refractivity contribution < 1.29 is 4.79 Å². The van der Waals surface area contributed by atoms with Crippen LogP contribution in [0, 0.1) is 11.8 Å². The second-order valence-electron chi connectivity index (χ2n) is 6.48. The van der Waals surface area contributed by atoms with Gasteiger partial charge in [-0.15, -0.1) is 0 Å². The zero-order valence-corrected chi connectivity index (χ0v) is 13.6. The lowest BCUT2D eigenvalue weighted by Crippen LogP contribution is -2.43. The molecule has 2 N–H and O–H groups in total. The van der Waals surface area contributed by atoms with Crippen molar-refractivity contribution in [3.8, 4) is 0 Å². The summed E-state index contributed by atoms with van der Waals surface area (Å²) in [6, 6.07) is 0. The summed E-state index contributed by atoms with van der Waals surface area (Å²) in [7, 11) is 0. The Balaban J connectivity index is 2.07. The molecule has 1 saturated heterocycles. The average molecular weight is 283 g/mol. The molecule has 1 heterocycles. The number of piperidine rings is 1. The molecule has 1 amide bonds. The lowest BCUT2D eigenvalue weighted by atomic mass is 9.96. The van der Waals surface area contributed by atoms with E-state index in [1.54, 1.807) is 0 Å². The molecule has 0 saturated carbocycles. The van der Waals surface area contributed by atoms with Gasteiger partial charge in [0, 0.05) is 6.54 Å². The highest BCUT2D eigenvalue weighted by molar-refractivity contribution is 5.77. The number of likely N-dealkylation sites (tertiary alicyclic amines) is 1. The Hall–Kier alpha value is -0.610. The van der Waals surface area contributed by atoms with Crippen molar-refractivity contribution in [3.05, 3.63) is 0 Å². The third-order valence-corrected chi connectivity index (χ3v) is 3.91. The number of rotatable bonds is 9. The first kappa shape index (κ1) is 17.4. The summed E-state index contributed by atoms with van der Waals surface area (Å²) in [6.07, 6.45) is 4.64. The van der Waals surface area contributed by atoms with E-state index in [-0.39, 0.29) is 5.91 Å². The summed E-state index contributed by atoms with van der Waals surface area (Å²) in [6.45, 7) is 12.4. The molecule has 4 heteroatoms. The van der Waals surface area contributed by atoms with Gasteiger partial charge in [0.25, 0.3) is 0 Å². The van der Waals surface area contributed by atoms with E-state index >= 15 is 0 Å². The maximum atomic E-state index is 11.7. The van der Waals surface area contributed by atoms with Crippen LogP contribution >= 0.6 is 0 Å². The highest BCUT2D eigenvalue weighted by Gasteiger charge is 2.20. The first-order valence-corrected chi connectivity index (χ1v) is 8.31. The van der Waals surface area contributed by atoms with Crippen molar-refractivity contribution in [2.45, 2.75) is 46.5 Å². The fourth-order valence-corrected chi connectivity index (χ4v) is 2.59. The molecule has 0 aromatic rings. The summed E-state index contributed by atoms with van der Waals surface area (Å²) in [5.41, 5.74) is 0. The van der Waals surface area contributed by atoms with Gasteiger partial charge in [0.2, 0.25) is 5.91 Å². The number of unbranched alkanes of at least 4 members (excludes halogenated alkanes) is 1. The Labute approximate surface area is 124 Å². The molecule has 0 aromatic heterocycles. The van der Waals surface area contributed by atoms with Crippen molar-refractivity contribution >= 4 is 5.91 Å². The van der Waals surface area contributed by atoms with Crippen molar-refractivity contribution in [1.29, 1.82) is 0 Å². The molecule has 1 rings (SSSR count). The molecular formula is C16H33N3O. The van der Waals surface area contributed by atoms with Gasteiger partial charge in [0.1, 0.15) is 0 Å². The predicted octanol–water partition coefficient (Wildman–Crippen LogP) is 1.86. The van der Waals surface area contributed by atoms with Gasteiger partial charge in [-0.2, -0.15) is 0 Å². The zero-order chi connectivity index (χ0) is 14.8. The van der Waals surface area contributed by atoms with Crippen LogP contribution in [0.2, 0.25) is 0 Å². The molecular weight excluding hydrogens is 250 g/mol. The summed E-state index contributed by atoms with van der Waals surface area (Å²) >= 11 is 0. The van der Waals surface area contributed by atoms with Gasteiger partial charge in [-0.3, -0.25) is 9.69 Å². The largest absolute Gasteiger partial charge is 0.355 e. The molecule has 4 nitrogen and oxygen atoms in total. The summed E-state index contributed by atoms with van der Waals surface area (Å²) in [5.74, 6) is 1.70. The summed E-state index contributed by atoms with van der Waals surface area (Å²) < 4.78 is 0. The lowest BCUT2D eigenvalue weighted by molar-refractivity contribution is -0.122. The molecule has 0 radical (unpaired) electrons. The molecule has 0 spiro atoms. The lowest BCUT2D eigenvalue weighted by Gasteiger charge is -2.31. The Bertz CT molecular complexity index is 260. The van der Waals surface area contributed by atoms with Crippen molar-refractivity contribution in [1.82, 2.24) is 15.5 Å². The van der Waals surface area contributed by atoms with Crippen LogP contribution in [0.5, 0.6) is 0 Å². The van der Waals surface area contributed by atoms with Crippen LogP contribution in [0.1, 0.15) is 46.5 Å².